The molecule has 0 radical (unpaired) electrons. The van der Waals surface area contributed by atoms with Crippen molar-refractivity contribution in [1.29, 1.82) is 0 Å². The summed E-state index contributed by atoms with van der Waals surface area (Å²) >= 11 is 0. The Morgan fingerprint density at radius 1 is 1.29 bits per heavy atom. The Balaban J connectivity index is 2.68. The lowest BCUT2D eigenvalue weighted by Gasteiger charge is -2.04. The molecule has 1 heterocycles. The van der Waals surface area contributed by atoms with Crippen LogP contribution < -0.4 is 0 Å². The number of rotatable bonds is 2. The first-order valence-corrected chi connectivity index (χ1v) is 5.28. The minimum Gasteiger partial charge on any atom is -0.477 e. The second-order valence-corrected chi connectivity index (χ2v) is 4.09. The number of nitrogens with zero attached hydrogens (tertiary/aromatic N) is 1. The molecule has 0 amide bonds. The van der Waals surface area contributed by atoms with Gasteiger partial charge < -0.3 is 9.63 Å². The molecule has 88 valence electrons. The Morgan fingerprint density at radius 2 is 2.00 bits per heavy atom. The number of carbonyl (C=O) groups is 1. The van der Waals surface area contributed by atoms with Crippen molar-refractivity contribution < 1.29 is 14.4 Å². The van der Waals surface area contributed by atoms with Gasteiger partial charge in [0.2, 0.25) is 0 Å². The highest BCUT2D eigenvalue weighted by molar-refractivity contribution is 5.96. The molecule has 17 heavy (non-hydrogen) atoms. The van der Waals surface area contributed by atoms with Gasteiger partial charge in [-0.1, -0.05) is 22.9 Å². The summed E-state index contributed by atoms with van der Waals surface area (Å²) < 4.78 is 4.98. The average molecular weight is 231 g/mol. The number of carboxylic acids is 1. The second-order valence-electron chi connectivity index (χ2n) is 4.09. The lowest BCUT2D eigenvalue weighted by atomic mass is 9.99. The van der Waals surface area contributed by atoms with Gasteiger partial charge in [-0.15, -0.1) is 0 Å². The van der Waals surface area contributed by atoms with Crippen molar-refractivity contribution in [2.24, 2.45) is 0 Å². The zero-order valence-corrected chi connectivity index (χ0v) is 9.94. The average Bonchev–Trinajstić information content (AvgIpc) is 2.64. The predicted molar refractivity (Wildman–Crippen MR) is 63.1 cm³/mol. The van der Waals surface area contributed by atoms with Crippen LogP contribution in [0.15, 0.2) is 22.7 Å². The van der Waals surface area contributed by atoms with Gasteiger partial charge in [0.15, 0.2) is 0 Å². The van der Waals surface area contributed by atoms with Crippen molar-refractivity contribution in [1.82, 2.24) is 5.16 Å². The van der Waals surface area contributed by atoms with Crippen molar-refractivity contribution in [2.45, 2.75) is 20.8 Å². The van der Waals surface area contributed by atoms with E-state index in [9.17, 15) is 4.79 Å². The summed E-state index contributed by atoms with van der Waals surface area (Å²) in [7, 11) is 0. The fraction of sp³-hybridized carbons (Fsp3) is 0.231. The SMILES string of the molecule is Cc1ccc(C)c(-c2noc(C)c2C(=O)O)c1. The number of carboxylic acid groups (broad SMARTS) is 1. The van der Waals surface area contributed by atoms with Gasteiger partial charge in [-0.3, -0.25) is 0 Å². The molecule has 0 aliphatic heterocycles. The molecular weight excluding hydrogens is 218 g/mol. The van der Waals surface area contributed by atoms with Crippen LogP contribution in [0, 0.1) is 20.8 Å². The van der Waals surface area contributed by atoms with E-state index in [2.05, 4.69) is 5.16 Å². The molecular formula is C13H13NO3. The molecule has 1 N–H and O–H groups in total. The first kappa shape index (κ1) is 11.4. The van der Waals surface area contributed by atoms with E-state index in [1.165, 1.54) is 0 Å². The van der Waals surface area contributed by atoms with Gasteiger partial charge in [0.05, 0.1) is 0 Å². The maximum atomic E-state index is 11.2. The van der Waals surface area contributed by atoms with Crippen molar-refractivity contribution in [3.8, 4) is 11.3 Å². The third kappa shape index (κ3) is 1.93. The normalized spacial score (nSPS) is 10.5. The van der Waals surface area contributed by atoms with Crippen LogP contribution in [0.25, 0.3) is 11.3 Å². The second kappa shape index (κ2) is 4.05. The highest BCUT2D eigenvalue weighted by Gasteiger charge is 2.21. The van der Waals surface area contributed by atoms with E-state index in [1.54, 1.807) is 6.92 Å². The molecule has 0 saturated heterocycles. The largest absolute Gasteiger partial charge is 0.477 e. The molecule has 0 unspecified atom stereocenters. The van der Waals surface area contributed by atoms with E-state index in [1.807, 2.05) is 32.0 Å². The Kier molecular flexibility index (Phi) is 2.71. The minimum atomic E-state index is -1.01. The van der Waals surface area contributed by atoms with Crippen LogP contribution in [0.4, 0.5) is 0 Å². The molecule has 0 fully saturated rings. The smallest absolute Gasteiger partial charge is 0.341 e. The maximum absolute atomic E-state index is 11.2. The molecule has 0 saturated carbocycles. The fourth-order valence-corrected chi connectivity index (χ4v) is 1.80. The highest BCUT2D eigenvalue weighted by Crippen LogP contribution is 2.28. The Labute approximate surface area is 98.9 Å². The first-order valence-electron chi connectivity index (χ1n) is 5.28. The summed E-state index contributed by atoms with van der Waals surface area (Å²) in [5.74, 6) is -0.687. The van der Waals surface area contributed by atoms with Gasteiger partial charge in [-0.25, -0.2) is 4.79 Å². The monoisotopic (exact) mass is 231 g/mol. The molecule has 1 aromatic carbocycles. The summed E-state index contributed by atoms with van der Waals surface area (Å²) in [6, 6.07) is 5.84. The molecule has 2 rings (SSSR count). The van der Waals surface area contributed by atoms with Crippen LogP contribution in [0.3, 0.4) is 0 Å². The zero-order valence-electron chi connectivity index (χ0n) is 9.94. The van der Waals surface area contributed by atoms with E-state index in [0.717, 1.165) is 16.7 Å². The molecule has 0 aliphatic carbocycles. The van der Waals surface area contributed by atoms with Gasteiger partial charge in [0, 0.05) is 5.56 Å². The van der Waals surface area contributed by atoms with Crippen LogP contribution in [0.2, 0.25) is 0 Å². The lowest BCUT2D eigenvalue weighted by molar-refractivity contribution is 0.0696. The standard InChI is InChI=1S/C13H13NO3/c1-7-4-5-8(2)10(6-7)12-11(13(15)16)9(3)17-14-12/h4-6H,1-3H3,(H,15,16). The number of benzene rings is 1. The number of hydrogen-bond acceptors (Lipinski definition) is 3. The van der Waals surface area contributed by atoms with Gasteiger partial charge >= 0.3 is 5.97 Å². The topological polar surface area (TPSA) is 63.3 Å². The summed E-state index contributed by atoms with van der Waals surface area (Å²) in [6.45, 7) is 5.48. The third-order valence-electron chi connectivity index (χ3n) is 2.72. The maximum Gasteiger partial charge on any atom is 0.341 e. The first-order chi connectivity index (χ1) is 8.00. The van der Waals surface area contributed by atoms with E-state index >= 15 is 0 Å². The Morgan fingerprint density at radius 3 is 2.65 bits per heavy atom. The summed E-state index contributed by atoms with van der Waals surface area (Å²) in [5, 5.41) is 13.0. The van der Waals surface area contributed by atoms with Crippen molar-refractivity contribution >= 4 is 5.97 Å². The van der Waals surface area contributed by atoms with E-state index in [4.69, 9.17) is 9.63 Å². The number of aromatic nitrogens is 1. The van der Waals surface area contributed by atoms with Crippen LogP contribution in [-0.4, -0.2) is 16.2 Å². The quantitative estimate of drug-likeness (QED) is 0.863. The molecule has 2 aromatic rings. The van der Waals surface area contributed by atoms with Gasteiger partial charge in [0.25, 0.3) is 0 Å². The molecule has 0 atom stereocenters. The van der Waals surface area contributed by atoms with Gasteiger partial charge in [0.1, 0.15) is 17.0 Å². The lowest BCUT2D eigenvalue weighted by Crippen LogP contribution is -2.00. The molecule has 4 heteroatoms. The van der Waals surface area contributed by atoms with E-state index < -0.39 is 5.97 Å². The fourth-order valence-electron chi connectivity index (χ4n) is 1.80. The van der Waals surface area contributed by atoms with Crippen molar-refractivity contribution in [2.75, 3.05) is 0 Å². The van der Waals surface area contributed by atoms with Crippen LogP contribution in [0.1, 0.15) is 27.2 Å². The zero-order chi connectivity index (χ0) is 12.6. The Hall–Kier alpha value is -2.10. The molecule has 4 nitrogen and oxygen atoms in total. The van der Waals surface area contributed by atoms with Gasteiger partial charge in [-0.05, 0) is 32.4 Å². The van der Waals surface area contributed by atoms with Crippen molar-refractivity contribution in [3.63, 3.8) is 0 Å². The van der Waals surface area contributed by atoms with E-state index in [-0.39, 0.29) is 5.56 Å². The number of aromatic carboxylic acids is 1. The van der Waals surface area contributed by atoms with Crippen molar-refractivity contribution in [3.05, 3.63) is 40.6 Å². The molecule has 0 bridgehead atoms. The number of aryl methyl sites for hydroxylation is 3. The predicted octanol–water partition coefficient (Wildman–Crippen LogP) is 2.97. The molecule has 0 aliphatic rings. The molecule has 1 aromatic heterocycles. The number of hydrogen-bond donors (Lipinski definition) is 1. The highest BCUT2D eigenvalue weighted by atomic mass is 16.5. The van der Waals surface area contributed by atoms with Gasteiger partial charge in [-0.2, -0.15) is 0 Å². The third-order valence-corrected chi connectivity index (χ3v) is 2.72. The summed E-state index contributed by atoms with van der Waals surface area (Å²) in [6.07, 6.45) is 0. The molecule has 0 spiro atoms. The Bertz CT molecular complexity index is 584. The van der Waals surface area contributed by atoms with Crippen LogP contribution in [-0.2, 0) is 0 Å². The summed E-state index contributed by atoms with van der Waals surface area (Å²) in [5.41, 5.74) is 3.38. The van der Waals surface area contributed by atoms with E-state index in [0.29, 0.717) is 11.5 Å². The minimum absolute atomic E-state index is 0.138. The van der Waals surface area contributed by atoms with Crippen LogP contribution >= 0.6 is 0 Å². The summed E-state index contributed by atoms with van der Waals surface area (Å²) in [4.78, 5) is 11.2. The van der Waals surface area contributed by atoms with Crippen LogP contribution in [0.5, 0.6) is 0 Å².